The fraction of sp³-hybridized carbons (Fsp3) is 0.364. The quantitative estimate of drug-likeness (QED) is 0.494. The second-order valence-corrected chi connectivity index (χ2v) is 3.69. The van der Waals surface area contributed by atoms with Crippen molar-refractivity contribution >= 4 is 18.4 Å². The van der Waals surface area contributed by atoms with Gasteiger partial charge in [-0.3, -0.25) is 0 Å². The van der Waals surface area contributed by atoms with E-state index in [0.717, 1.165) is 12.1 Å². The first kappa shape index (κ1) is 18.2. The summed E-state index contributed by atoms with van der Waals surface area (Å²) in [6.45, 7) is 1.09. The zero-order valence-electron chi connectivity index (χ0n) is 10.3. The summed E-state index contributed by atoms with van der Waals surface area (Å²) in [5.74, 6) is -8.64. The minimum atomic E-state index is -4.09. The molecule has 1 aromatic rings. The number of benzene rings is 1. The third-order valence-electron chi connectivity index (χ3n) is 2.43. The van der Waals surface area contributed by atoms with E-state index < -0.39 is 40.7 Å². The van der Waals surface area contributed by atoms with Crippen molar-refractivity contribution in [3.8, 4) is 17.2 Å². The Kier molecular flexibility index (Phi) is 5.98. The van der Waals surface area contributed by atoms with Gasteiger partial charge >= 0.3 is 11.9 Å². The molecule has 1 rings (SSSR count). The Balaban J connectivity index is 0.00000361. The maximum absolute atomic E-state index is 13.6. The molecule has 0 heterocycles. The molecular formula is C11H14ClF2NO5. The average molecular weight is 314 g/mol. The van der Waals surface area contributed by atoms with Gasteiger partial charge in [-0.2, -0.15) is 8.78 Å². The fourth-order valence-electron chi connectivity index (χ4n) is 1.39. The van der Waals surface area contributed by atoms with Crippen molar-refractivity contribution in [2.75, 3.05) is 6.61 Å². The Labute approximate surface area is 119 Å². The molecule has 0 aliphatic rings. The molecule has 0 aliphatic carbocycles. The van der Waals surface area contributed by atoms with Crippen LogP contribution in [-0.4, -0.2) is 33.8 Å². The lowest BCUT2D eigenvalue weighted by molar-refractivity contribution is -0.174. The summed E-state index contributed by atoms with van der Waals surface area (Å²) in [5.41, 5.74) is 4.63. The number of aromatic hydroxyl groups is 3. The van der Waals surface area contributed by atoms with Crippen LogP contribution in [0.25, 0.3) is 0 Å². The zero-order chi connectivity index (χ0) is 14.8. The van der Waals surface area contributed by atoms with Gasteiger partial charge in [-0.1, -0.05) is 0 Å². The fourth-order valence-corrected chi connectivity index (χ4v) is 1.39. The molecular weight excluding hydrogens is 300 g/mol. The molecule has 0 fully saturated rings. The predicted molar refractivity (Wildman–Crippen MR) is 67.2 cm³/mol. The number of hydrogen-bond acceptors (Lipinski definition) is 6. The van der Waals surface area contributed by atoms with E-state index in [1.165, 1.54) is 6.92 Å². The Morgan fingerprint density at radius 1 is 1.35 bits per heavy atom. The van der Waals surface area contributed by atoms with E-state index >= 15 is 0 Å². The van der Waals surface area contributed by atoms with Gasteiger partial charge < -0.3 is 25.8 Å². The van der Waals surface area contributed by atoms with Crippen molar-refractivity contribution < 1.29 is 33.6 Å². The molecule has 9 heteroatoms. The van der Waals surface area contributed by atoms with Gasteiger partial charge in [0, 0.05) is 5.56 Å². The molecule has 0 amide bonds. The number of carbonyl (C=O) groups is 1. The van der Waals surface area contributed by atoms with Gasteiger partial charge in [-0.15, -0.1) is 12.4 Å². The van der Waals surface area contributed by atoms with E-state index in [1.807, 2.05) is 0 Å². The van der Waals surface area contributed by atoms with Gasteiger partial charge in [-0.25, -0.2) is 4.79 Å². The van der Waals surface area contributed by atoms with Crippen LogP contribution in [0.5, 0.6) is 17.2 Å². The summed E-state index contributed by atoms with van der Waals surface area (Å²) in [6.07, 6.45) is 0. The number of esters is 1. The molecule has 0 spiro atoms. The highest BCUT2D eigenvalue weighted by molar-refractivity contribution is 5.85. The summed E-state index contributed by atoms with van der Waals surface area (Å²) in [5, 5.41) is 27.7. The molecule has 1 atom stereocenters. The summed E-state index contributed by atoms with van der Waals surface area (Å²) < 4.78 is 31.5. The molecule has 20 heavy (non-hydrogen) atoms. The average Bonchev–Trinajstić information content (AvgIpc) is 2.35. The lowest BCUT2D eigenvalue weighted by Gasteiger charge is -2.22. The molecule has 0 aliphatic heterocycles. The molecule has 5 N–H and O–H groups in total. The van der Waals surface area contributed by atoms with Crippen LogP contribution in [0.1, 0.15) is 18.5 Å². The number of ether oxygens (including phenoxy) is 1. The monoisotopic (exact) mass is 313 g/mol. The summed E-state index contributed by atoms with van der Waals surface area (Å²) in [7, 11) is 0. The number of carbonyl (C=O) groups excluding carboxylic acids is 1. The Hall–Kier alpha value is -1.80. The highest BCUT2D eigenvalue weighted by Gasteiger charge is 2.49. The molecule has 1 aromatic carbocycles. The standard InChI is InChI=1S/C11H13F2NO5.ClH/c1-2-19-10(18)11(12,13)9(14)5-3-4-6(15)8(17)7(5)16;/h3-4,9,15-17H,2,14H2,1H3;1H/t9-;/m1./s1. The first-order chi connectivity index (χ1) is 8.73. The van der Waals surface area contributed by atoms with Crippen LogP contribution in [0.4, 0.5) is 8.78 Å². The molecule has 0 saturated heterocycles. The Bertz CT molecular complexity index is 498. The normalized spacial score (nSPS) is 12.4. The van der Waals surface area contributed by atoms with E-state index in [1.54, 1.807) is 0 Å². The Morgan fingerprint density at radius 2 is 1.90 bits per heavy atom. The minimum absolute atomic E-state index is 0. The highest BCUT2D eigenvalue weighted by atomic mass is 35.5. The second kappa shape index (κ2) is 6.58. The van der Waals surface area contributed by atoms with Gasteiger partial charge in [0.25, 0.3) is 0 Å². The van der Waals surface area contributed by atoms with Crippen molar-refractivity contribution in [3.63, 3.8) is 0 Å². The van der Waals surface area contributed by atoms with Gasteiger partial charge in [-0.05, 0) is 19.1 Å². The topological polar surface area (TPSA) is 113 Å². The van der Waals surface area contributed by atoms with Crippen molar-refractivity contribution in [3.05, 3.63) is 17.7 Å². The Morgan fingerprint density at radius 3 is 2.40 bits per heavy atom. The number of phenols is 3. The van der Waals surface area contributed by atoms with Gasteiger partial charge in [0.05, 0.1) is 6.61 Å². The van der Waals surface area contributed by atoms with E-state index in [9.17, 15) is 23.8 Å². The maximum atomic E-state index is 13.6. The smallest absolute Gasteiger partial charge is 0.379 e. The lowest BCUT2D eigenvalue weighted by atomic mass is 9.99. The molecule has 114 valence electrons. The first-order valence-corrected chi connectivity index (χ1v) is 5.27. The van der Waals surface area contributed by atoms with Crippen LogP contribution >= 0.6 is 12.4 Å². The molecule has 0 aromatic heterocycles. The molecule has 0 radical (unpaired) electrons. The van der Waals surface area contributed by atoms with E-state index in [-0.39, 0.29) is 19.0 Å². The van der Waals surface area contributed by atoms with Crippen LogP contribution in [-0.2, 0) is 9.53 Å². The van der Waals surface area contributed by atoms with Crippen LogP contribution in [0, 0.1) is 0 Å². The predicted octanol–water partition coefficient (Wildman–Crippen LogP) is 1.42. The number of alkyl halides is 2. The third-order valence-corrected chi connectivity index (χ3v) is 2.43. The van der Waals surface area contributed by atoms with E-state index in [0.29, 0.717) is 0 Å². The molecule has 6 nitrogen and oxygen atoms in total. The summed E-state index contributed by atoms with van der Waals surface area (Å²) in [6, 6.07) is -0.480. The number of halogens is 3. The zero-order valence-corrected chi connectivity index (χ0v) is 11.2. The number of rotatable bonds is 4. The maximum Gasteiger partial charge on any atom is 0.379 e. The highest BCUT2D eigenvalue weighted by Crippen LogP contribution is 2.43. The summed E-state index contributed by atoms with van der Waals surface area (Å²) in [4.78, 5) is 11.1. The van der Waals surface area contributed by atoms with E-state index in [4.69, 9.17) is 10.8 Å². The van der Waals surface area contributed by atoms with Crippen LogP contribution in [0.3, 0.4) is 0 Å². The minimum Gasteiger partial charge on any atom is -0.504 e. The van der Waals surface area contributed by atoms with Crippen molar-refractivity contribution in [2.45, 2.75) is 18.9 Å². The van der Waals surface area contributed by atoms with Gasteiger partial charge in [0.15, 0.2) is 11.5 Å². The van der Waals surface area contributed by atoms with Crippen LogP contribution in [0.2, 0.25) is 0 Å². The van der Waals surface area contributed by atoms with E-state index in [2.05, 4.69) is 4.74 Å². The molecule has 0 saturated carbocycles. The number of hydrogen-bond donors (Lipinski definition) is 4. The van der Waals surface area contributed by atoms with Gasteiger partial charge in [0.1, 0.15) is 6.04 Å². The lowest BCUT2D eigenvalue weighted by Crippen LogP contribution is -2.41. The second-order valence-electron chi connectivity index (χ2n) is 3.69. The number of phenolic OH excluding ortho intramolecular Hbond substituents is 3. The first-order valence-electron chi connectivity index (χ1n) is 5.27. The van der Waals surface area contributed by atoms with Crippen molar-refractivity contribution in [2.24, 2.45) is 5.73 Å². The van der Waals surface area contributed by atoms with Gasteiger partial charge in [0.2, 0.25) is 5.75 Å². The van der Waals surface area contributed by atoms with Crippen LogP contribution in [0.15, 0.2) is 12.1 Å². The third kappa shape index (κ3) is 3.20. The van der Waals surface area contributed by atoms with Crippen molar-refractivity contribution in [1.29, 1.82) is 0 Å². The number of nitrogens with two attached hydrogens (primary N) is 1. The molecule has 0 bridgehead atoms. The SMILES string of the molecule is CCOC(=O)C(F)(F)[C@H](N)c1ccc(O)c(O)c1O.Cl. The summed E-state index contributed by atoms with van der Waals surface area (Å²) >= 11 is 0. The largest absolute Gasteiger partial charge is 0.504 e. The van der Waals surface area contributed by atoms with Crippen molar-refractivity contribution in [1.82, 2.24) is 0 Å². The van der Waals surface area contributed by atoms with Crippen LogP contribution < -0.4 is 5.73 Å². The molecule has 0 unspecified atom stereocenters.